The summed E-state index contributed by atoms with van der Waals surface area (Å²) in [5.41, 5.74) is 3.21. The van der Waals surface area contributed by atoms with Gasteiger partial charge in [0.1, 0.15) is 5.75 Å². The summed E-state index contributed by atoms with van der Waals surface area (Å²) < 4.78 is 5.58. The molecule has 0 aliphatic heterocycles. The van der Waals surface area contributed by atoms with E-state index in [0.29, 0.717) is 17.9 Å². The van der Waals surface area contributed by atoms with E-state index in [9.17, 15) is 9.90 Å². The van der Waals surface area contributed by atoms with Gasteiger partial charge in [-0.3, -0.25) is 4.79 Å². The predicted molar refractivity (Wildman–Crippen MR) is 148 cm³/mol. The average Bonchev–Trinajstić information content (AvgIpc) is 2.89. The number of ether oxygens (including phenoxy) is 1. The molecule has 0 spiro atoms. The van der Waals surface area contributed by atoms with Crippen LogP contribution in [0, 0.1) is 0 Å². The summed E-state index contributed by atoms with van der Waals surface area (Å²) in [5, 5.41) is 16.8. The summed E-state index contributed by atoms with van der Waals surface area (Å²) in [6.07, 6.45) is 14.1. The number of unbranched alkanes of at least 4 members (excludes halogenated alkanes) is 9. The molecule has 0 heterocycles. The van der Waals surface area contributed by atoms with E-state index in [-0.39, 0.29) is 5.91 Å². The molecule has 194 valence electrons. The number of aryl methyl sites for hydroxylation is 1. The highest BCUT2D eigenvalue weighted by molar-refractivity contribution is 6.04. The van der Waals surface area contributed by atoms with Gasteiger partial charge in [0.05, 0.1) is 18.9 Å². The standard InChI is InChI=1S/C30H46N2O3/c1-4-6-7-8-9-10-11-12-13-17-20-26(33)23-31-28-21-24(5-2)27(22-29(28)35-3)32-30(34)25-18-15-14-16-19-25/h14-16,18-19,21-22,26,31,33H,4-13,17,20,23H2,1-3H3,(H,32,34). The maximum atomic E-state index is 12.6. The number of aliphatic hydroxyl groups is 1. The summed E-state index contributed by atoms with van der Waals surface area (Å²) in [4.78, 5) is 12.6. The van der Waals surface area contributed by atoms with Gasteiger partial charge in [-0.1, -0.05) is 96.3 Å². The smallest absolute Gasteiger partial charge is 0.255 e. The molecule has 2 rings (SSSR count). The first kappa shape index (κ1) is 28.7. The molecule has 2 aromatic carbocycles. The van der Waals surface area contributed by atoms with Crippen LogP contribution >= 0.6 is 0 Å². The fourth-order valence-corrected chi connectivity index (χ4v) is 4.32. The number of aliphatic hydroxyl groups excluding tert-OH is 1. The Kier molecular flexibility index (Phi) is 13.9. The van der Waals surface area contributed by atoms with Gasteiger partial charge in [0.15, 0.2) is 0 Å². The summed E-state index contributed by atoms with van der Waals surface area (Å²) >= 11 is 0. The maximum Gasteiger partial charge on any atom is 0.255 e. The molecule has 0 saturated heterocycles. The minimum atomic E-state index is -0.392. The maximum absolute atomic E-state index is 12.6. The molecule has 0 aliphatic rings. The molecule has 5 nitrogen and oxygen atoms in total. The Morgan fingerprint density at radius 1 is 0.886 bits per heavy atom. The number of methoxy groups -OCH3 is 1. The van der Waals surface area contributed by atoms with E-state index in [0.717, 1.165) is 36.2 Å². The summed E-state index contributed by atoms with van der Waals surface area (Å²) in [7, 11) is 1.62. The van der Waals surface area contributed by atoms with Crippen LogP contribution in [0.25, 0.3) is 0 Å². The summed E-state index contributed by atoms with van der Waals surface area (Å²) in [6, 6.07) is 13.1. The molecule has 0 fully saturated rings. The Morgan fingerprint density at radius 3 is 2.11 bits per heavy atom. The van der Waals surface area contributed by atoms with Crippen LogP contribution in [0.1, 0.15) is 100 Å². The third kappa shape index (κ3) is 10.7. The van der Waals surface area contributed by atoms with Crippen LogP contribution in [0.2, 0.25) is 0 Å². The van der Waals surface area contributed by atoms with Crippen molar-refractivity contribution in [3.63, 3.8) is 0 Å². The SMILES string of the molecule is CCCCCCCCCCCCC(O)CNc1cc(CC)c(NC(=O)c2ccccc2)cc1OC. The zero-order chi connectivity index (χ0) is 25.3. The highest BCUT2D eigenvalue weighted by Crippen LogP contribution is 2.32. The van der Waals surface area contributed by atoms with E-state index in [1.807, 2.05) is 30.3 Å². The van der Waals surface area contributed by atoms with Crippen LogP contribution < -0.4 is 15.4 Å². The Balaban J connectivity index is 1.77. The van der Waals surface area contributed by atoms with Gasteiger partial charge in [-0.25, -0.2) is 0 Å². The van der Waals surface area contributed by atoms with Gasteiger partial charge in [-0.2, -0.15) is 0 Å². The van der Waals surface area contributed by atoms with E-state index >= 15 is 0 Å². The molecule has 0 saturated carbocycles. The van der Waals surface area contributed by atoms with Gasteiger partial charge in [-0.05, 0) is 36.6 Å². The molecule has 0 bridgehead atoms. The number of carbonyl (C=O) groups is 1. The van der Waals surface area contributed by atoms with Crippen molar-refractivity contribution in [3.8, 4) is 5.75 Å². The first-order valence-electron chi connectivity index (χ1n) is 13.6. The van der Waals surface area contributed by atoms with Crippen LogP contribution in [0.15, 0.2) is 42.5 Å². The normalized spacial score (nSPS) is 11.8. The molecule has 1 atom stereocenters. The van der Waals surface area contributed by atoms with E-state index in [4.69, 9.17) is 4.74 Å². The van der Waals surface area contributed by atoms with Crippen LogP contribution in [-0.4, -0.2) is 30.8 Å². The quantitative estimate of drug-likeness (QED) is 0.191. The van der Waals surface area contributed by atoms with E-state index < -0.39 is 6.10 Å². The fraction of sp³-hybridized carbons (Fsp3) is 0.567. The first-order valence-corrected chi connectivity index (χ1v) is 13.6. The van der Waals surface area contributed by atoms with Crippen LogP contribution in [0.5, 0.6) is 5.75 Å². The van der Waals surface area contributed by atoms with Crippen LogP contribution in [0.4, 0.5) is 11.4 Å². The largest absolute Gasteiger partial charge is 0.495 e. The first-order chi connectivity index (χ1) is 17.1. The van der Waals surface area contributed by atoms with E-state index in [1.165, 1.54) is 57.8 Å². The third-order valence-electron chi connectivity index (χ3n) is 6.51. The van der Waals surface area contributed by atoms with Gasteiger partial charge < -0.3 is 20.5 Å². The Labute approximate surface area is 212 Å². The van der Waals surface area contributed by atoms with Crippen molar-refractivity contribution in [3.05, 3.63) is 53.6 Å². The van der Waals surface area contributed by atoms with Crippen molar-refractivity contribution in [2.75, 3.05) is 24.3 Å². The zero-order valence-electron chi connectivity index (χ0n) is 22.1. The highest BCUT2D eigenvalue weighted by Gasteiger charge is 2.14. The van der Waals surface area contributed by atoms with Crippen molar-refractivity contribution < 1.29 is 14.6 Å². The summed E-state index contributed by atoms with van der Waals surface area (Å²) in [6.45, 7) is 4.80. The number of carbonyl (C=O) groups excluding carboxylic acids is 1. The van der Waals surface area contributed by atoms with E-state index in [2.05, 4.69) is 24.5 Å². The molecule has 3 N–H and O–H groups in total. The monoisotopic (exact) mass is 482 g/mol. The molecule has 0 aliphatic carbocycles. The van der Waals surface area contributed by atoms with Crippen molar-refractivity contribution in [1.82, 2.24) is 0 Å². The van der Waals surface area contributed by atoms with Gasteiger partial charge in [-0.15, -0.1) is 0 Å². The van der Waals surface area contributed by atoms with Crippen molar-refractivity contribution >= 4 is 17.3 Å². The fourth-order valence-electron chi connectivity index (χ4n) is 4.32. The predicted octanol–water partition coefficient (Wildman–Crippen LogP) is 7.59. The zero-order valence-corrected chi connectivity index (χ0v) is 22.1. The lowest BCUT2D eigenvalue weighted by Gasteiger charge is -2.18. The minimum Gasteiger partial charge on any atom is -0.495 e. The molecule has 1 unspecified atom stereocenters. The number of hydrogen-bond acceptors (Lipinski definition) is 4. The van der Waals surface area contributed by atoms with Gasteiger partial charge in [0, 0.05) is 23.9 Å². The number of amides is 1. The third-order valence-corrected chi connectivity index (χ3v) is 6.51. The van der Waals surface area contributed by atoms with Gasteiger partial charge >= 0.3 is 0 Å². The van der Waals surface area contributed by atoms with Crippen molar-refractivity contribution in [2.24, 2.45) is 0 Å². The molecule has 5 heteroatoms. The molecule has 0 radical (unpaired) electrons. The number of benzene rings is 2. The summed E-state index contributed by atoms with van der Waals surface area (Å²) in [5.74, 6) is 0.506. The number of hydrogen-bond donors (Lipinski definition) is 3. The minimum absolute atomic E-state index is 0.144. The Hall–Kier alpha value is -2.53. The number of nitrogens with one attached hydrogen (secondary N) is 2. The second-order valence-electron chi connectivity index (χ2n) is 9.39. The lowest BCUT2D eigenvalue weighted by atomic mass is 10.0. The van der Waals surface area contributed by atoms with Crippen LogP contribution in [0.3, 0.4) is 0 Å². The number of rotatable bonds is 18. The van der Waals surface area contributed by atoms with E-state index in [1.54, 1.807) is 19.2 Å². The molecule has 1 amide bonds. The Morgan fingerprint density at radius 2 is 1.51 bits per heavy atom. The average molecular weight is 483 g/mol. The second-order valence-corrected chi connectivity index (χ2v) is 9.39. The topological polar surface area (TPSA) is 70.6 Å². The Bertz CT molecular complexity index is 854. The number of anilines is 2. The highest BCUT2D eigenvalue weighted by atomic mass is 16.5. The molecule has 0 aromatic heterocycles. The molecule has 2 aromatic rings. The lowest BCUT2D eigenvalue weighted by molar-refractivity contribution is 0.102. The molecular formula is C30H46N2O3. The van der Waals surface area contributed by atoms with Crippen molar-refractivity contribution in [2.45, 2.75) is 97.0 Å². The molecular weight excluding hydrogens is 436 g/mol. The van der Waals surface area contributed by atoms with Crippen LogP contribution in [-0.2, 0) is 6.42 Å². The van der Waals surface area contributed by atoms with Crippen molar-refractivity contribution in [1.29, 1.82) is 0 Å². The van der Waals surface area contributed by atoms with Gasteiger partial charge in [0.25, 0.3) is 5.91 Å². The lowest BCUT2D eigenvalue weighted by Crippen LogP contribution is -2.20. The van der Waals surface area contributed by atoms with Gasteiger partial charge in [0.2, 0.25) is 0 Å². The molecule has 35 heavy (non-hydrogen) atoms. The second kappa shape index (κ2) is 17.0.